The highest BCUT2D eigenvalue weighted by Gasteiger charge is 2.53. The lowest BCUT2D eigenvalue weighted by atomic mass is 9.91. The molecule has 0 unspecified atom stereocenters. The van der Waals surface area contributed by atoms with E-state index in [0.29, 0.717) is 12.3 Å². The van der Waals surface area contributed by atoms with Gasteiger partial charge in [-0.05, 0) is 24.8 Å². The first kappa shape index (κ1) is 46.6. The summed E-state index contributed by atoms with van der Waals surface area (Å²) in [7, 11) is 0. The van der Waals surface area contributed by atoms with Crippen molar-refractivity contribution in [2.75, 3.05) is 6.61 Å². The second-order valence-corrected chi connectivity index (χ2v) is 15.4. The van der Waals surface area contributed by atoms with Crippen LogP contribution in [-0.2, 0) is 28.5 Å². The van der Waals surface area contributed by atoms with Gasteiger partial charge in [0.2, 0.25) is 11.8 Å². The van der Waals surface area contributed by atoms with Gasteiger partial charge in [-0.2, -0.15) is 0 Å². The molecule has 20 heteroatoms. The zero-order valence-electron chi connectivity index (χ0n) is 32.4. The predicted molar refractivity (Wildman–Crippen MR) is 198 cm³/mol. The van der Waals surface area contributed by atoms with E-state index in [0.717, 1.165) is 49.4 Å². The number of amides is 2. The summed E-state index contributed by atoms with van der Waals surface area (Å²) in [6.07, 6.45) is -10.3. The van der Waals surface area contributed by atoms with Gasteiger partial charge in [-0.25, -0.2) is 4.79 Å². The molecule has 15 atom stereocenters. The normalized spacial score (nSPS) is 35.1. The lowest BCUT2D eigenvalue weighted by molar-refractivity contribution is -0.346. The Kier molecular flexibility index (Phi) is 17.8. The van der Waals surface area contributed by atoms with Gasteiger partial charge in [-0.15, -0.1) is 0 Å². The zero-order valence-corrected chi connectivity index (χ0v) is 32.4. The number of aromatic amines is 1. The molecule has 2 amide bonds. The highest BCUT2D eigenvalue weighted by atomic mass is 16.8. The maximum absolute atomic E-state index is 13.1. The van der Waals surface area contributed by atoms with Gasteiger partial charge < -0.3 is 70.4 Å². The Bertz CT molecular complexity index is 1570. The Morgan fingerprint density at radius 3 is 2.05 bits per heavy atom. The summed E-state index contributed by atoms with van der Waals surface area (Å²) in [5.41, 5.74) is -1.68. The molecule has 4 rings (SSSR count). The van der Waals surface area contributed by atoms with Gasteiger partial charge in [0.25, 0.3) is 5.56 Å². The molecule has 0 bridgehead atoms. The van der Waals surface area contributed by atoms with Crippen molar-refractivity contribution in [1.82, 2.24) is 20.2 Å². The molecule has 20 nitrogen and oxygen atoms in total. The van der Waals surface area contributed by atoms with E-state index < -0.39 is 128 Å². The molecule has 3 aliphatic heterocycles. The Balaban J connectivity index is 1.48. The second kappa shape index (κ2) is 21.8. The van der Waals surface area contributed by atoms with Crippen molar-refractivity contribution >= 4 is 11.8 Å². The molecular formula is C37H60N4O16. The van der Waals surface area contributed by atoms with Crippen LogP contribution in [0.5, 0.6) is 0 Å². The number of rotatable bonds is 19. The van der Waals surface area contributed by atoms with E-state index in [1.165, 1.54) is 25.3 Å². The molecule has 0 aromatic carbocycles. The van der Waals surface area contributed by atoms with Gasteiger partial charge >= 0.3 is 5.69 Å². The largest absolute Gasteiger partial charge is 0.394 e. The number of H-pyrrole nitrogens is 1. The summed E-state index contributed by atoms with van der Waals surface area (Å²) in [5, 5.41) is 91.3. The molecule has 0 aliphatic carbocycles. The number of nitrogens with zero attached hydrogens (tertiary/aromatic N) is 1. The molecule has 57 heavy (non-hydrogen) atoms. The Hall–Kier alpha value is -3.12. The number of allylic oxidation sites excluding steroid dienone is 1. The van der Waals surface area contributed by atoms with Crippen molar-refractivity contribution in [3.63, 3.8) is 0 Å². The molecular weight excluding hydrogens is 756 g/mol. The highest BCUT2D eigenvalue weighted by molar-refractivity contribution is 5.87. The molecule has 3 saturated heterocycles. The predicted octanol–water partition coefficient (Wildman–Crippen LogP) is -2.87. The summed E-state index contributed by atoms with van der Waals surface area (Å²) in [6.45, 7) is 4.75. The average molecular weight is 817 g/mol. The molecule has 0 saturated carbocycles. The monoisotopic (exact) mass is 816 g/mol. The molecule has 1 aromatic rings. The number of aromatic nitrogens is 2. The van der Waals surface area contributed by atoms with E-state index in [9.17, 15) is 60.0 Å². The SMILES string of the molecule is CC(=O)N[C@@H]1[C@H](O[C@H]2O[C@@H](C[C@H](O)[C@@H]3O[C@H](n4ccc(=O)[nH]c4=O)[C@@H](O)[C@H]3O)[C@@H](O)[C@@H](O)[C@@H]2NC(=O)/C=C/CCCCCCCCC(C)C)O[C@@H](CO)[C@H](O)[C@H]1O. The number of hydrogen-bond donors (Lipinski definition) is 11. The van der Waals surface area contributed by atoms with Crippen LogP contribution >= 0.6 is 0 Å². The minimum absolute atomic E-state index is 0.598. The first-order valence-corrected chi connectivity index (χ1v) is 19.6. The number of ether oxygens (including phenoxy) is 4. The maximum atomic E-state index is 13.1. The molecule has 11 N–H and O–H groups in total. The number of carbonyl (C=O) groups is 2. The van der Waals surface area contributed by atoms with Crippen LogP contribution in [0.15, 0.2) is 34.0 Å². The van der Waals surface area contributed by atoms with E-state index in [-0.39, 0.29) is 0 Å². The van der Waals surface area contributed by atoms with Gasteiger partial charge in [0.15, 0.2) is 18.8 Å². The standard InChI is InChI=1S/C37H60N4O16/c1-18(2)12-10-8-6-4-5-7-9-11-13-23(45)39-26-30(50)27(47)21(54-36(26)57-35-25(38-19(3)43)29(49)28(48)22(17-42)55-35)16-20(44)33-31(51)32(52)34(56-33)41-15-14-24(46)40-37(41)53/h11,13-15,18,20-22,25-36,42,44,47-52H,4-10,12,16-17H2,1-3H3,(H,38,43)(H,39,45)(H,40,46,53)/b13-11+/t20-,21-,22-,25-,26-,27+,28-,29-,30-,31+,32-,33-,34-,35-,36+/m0/s1. The number of unbranched alkanes of at least 4 members (excludes halogenated alkanes) is 6. The lowest BCUT2D eigenvalue weighted by Crippen LogP contribution is -2.68. The van der Waals surface area contributed by atoms with Gasteiger partial charge in [-0.1, -0.05) is 58.4 Å². The second-order valence-electron chi connectivity index (χ2n) is 15.4. The van der Waals surface area contributed by atoms with E-state index >= 15 is 0 Å². The van der Waals surface area contributed by atoms with Crippen molar-refractivity contribution in [3.05, 3.63) is 45.3 Å². The minimum Gasteiger partial charge on any atom is -0.394 e. The highest BCUT2D eigenvalue weighted by Crippen LogP contribution is 2.34. The first-order valence-electron chi connectivity index (χ1n) is 19.6. The third-order valence-electron chi connectivity index (χ3n) is 10.5. The van der Waals surface area contributed by atoms with Crippen LogP contribution in [-0.4, -0.2) is 155 Å². The van der Waals surface area contributed by atoms with Crippen LogP contribution in [0.3, 0.4) is 0 Å². The summed E-state index contributed by atoms with van der Waals surface area (Å²) in [5.74, 6) is -0.665. The van der Waals surface area contributed by atoms with Crippen molar-refractivity contribution in [2.24, 2.45) is 5.92 Å². The lowest BCUT2D eigenvalue weighted by Gasteiger charge is -2.47. The van der Waals surface area contributed by atoms with Crippen LogP contribution in [0.2, 0.25) is 0 Å². The van der Waals surface area contributed by atoms with E-state index in [4.69, 9.17) is 18.9 Å². The van der Waals surface area contributed by atoms with Crippen molar-refractivity contribution in [3.8, 4) is 0 Å². The van der Waals surface area contributed by atoms with Crippen molar-refractivity contribution in [1.29, 1.82) is 0 Å². The fraction of sp³-hybridized carbons (Fsp3) is 0.784. The molecule has 1 aromatic heterocycles. The molecule has 3 fully saturated rings. The number of aliphatic hydroxyl groups excluding tert-OH is 8. The fourth-order valence-corrected chi connectivity index (χ4v) is 7.27. The zero-order chi connectivity index (χ0) is 42.0. The molecule has 3 aliphatic rings. The summed E-state index contributed by atoms with van der Waals surface area (Å²) in [6, 6.07) is -2.01. The summed E-state index contributed by atoms with van der Waals surface area (Å²) < 4.78 is 24.1. The number of carbonyl (C=O) groups excluding carboxylic acids is 2. The maximum Gasteiger partial charge on any atom is 0.330 e. The minimum atomic E-state index is -1.85. The van der Waals surface area contributed by atoms with Crippen LogP contribution < -0.4 is 21.9 Å². The van der Waals surface area contributed by atoms with Crippen LogP contribution in [0.1, 0.15) is 84.8 Å². The third kappa shape index (κ3) is 12.4. The number of hydrogen-bond acceptors (Lipinski definition) is 16. The number of aliphatic hydroxyl groups is 8. The van der Waals surface area contributed by atoms with E-state index in [1.54, 1.807) is 6.08 Å². The molecule has 324 valence electrons. The molecule has 0 radical (unpaired) electrons. The average Bonchev–Trinajstić information content (AvgIpc) is 3.45. The topological polar surface area (TPSA) is 312 Å². The van der Waals surface area contributed by atoms with E-state index in [2.05, 4.69) is 24.5 Å². The van der Waals surface area contributed by atoms with Gasteiger partial charge in [0.05, 0.1) is 18.8 Å². The van der Waals surface area contributed by atoms with Gasteiger partial charge in [0, 0.05) is 25.6 Å². The molecule has 4 heterocycles. The Morgan fingerprint density at radius 2 is 1.44 bits per heavy atom. The third-order valence-corrected chi connectivity index (χ3v) is 10.5. The summed E-state index contributed by atoms with van der Waals surface area (Å²) >= 11 is 0. The Labute approximate surface area is 329 Å². The molecule has 0 spiro atoms. The Morgan fingerprint density at radius 1 is 0.842 bits per heavy atom. The van der Waals surface area contributed by atoms with Crippen LogP contribution in [0.4, 0.5) is 0 Å². The van der Waals surface area contributed by atoms with E-state index in [1.807, 2.05) is 4.98 Å². The van der Waals surface area contributed by atoms with Crippen molar-refractivity contribution in [2.45, 2.75) is 170 Å². The first-order chi connectivity index (χ1) is 27.0. The fourth-order valence-electron chi connectivity index (χ4n) is 7.27. The van der Waals surface area contributed by atoms with Gasteiger partial charge in [0.1, 0.15) is 60.9 Å². The van der Waals surface area contributed by atoms with Gasteiger partial charge in [-0.3, -0.25) is 23.9 Å². The summed E-state index contributed by atoms with van der Waals surface area (Å²) in [4.78, 5) is 51.0. The smallest absolute Gasteiger partial charge is 0.330 e. The van der Waals surface area contributed by atoms with Crippen LogP contribution in [0.25, 0.3) is 0 Å². The van der Waals surface area contributed by atoms with Crippen LogP contribution in [0, 0.1) is 5.92 Å². The quantitative estimate of drug-likeness (QED) is 0.0494. The number of nitrogens with one attached hydrogen (secondary N) is 3. The van der Waals surface area contributed by atoms with Crippen molar-refractivity contribution < 1.29 is 69.4 Å².